The molecule has 1 fully saturated rings. The number of hydrogen-bond acceptors (Lipinski definition) is 5. The van der Waals surface area contributed by atoms with Gasteiger partial charge >= 0.3 is 5.97 Å². The fourth-order valence-corrected chi connectivity index (χ4v) is 3.65. The highest BCUT2D eigenvalue weighted by Gasteiger charge is 2.26. The summed E-state index contributed by atoms with van der Waals surface area (Å²) in [6, 6.07) is 17.0. The second-order valence-corrected chi connectivity index (χ2v) is 6.62. The summed E-state index contributed by atoms with van der Waals surface area (Å²) in [5, 5.41) is 4.38. The van der Waals surface area contributed by atoms with Gasteiger partial charge in [-0.05, 0) is 49.4 Å². The Bertz CT molecular complexity index is 1020. The van der Waals surface area contributed by atoms with Gasteiger partial charge in [0, 0.05) is 29.7 Å². The first-order chi connectivity index (χ1) is 13.2. The number of pyridine rings is 1. The Morgan fingerprint density at radius 3 is 2.63 bits per heavy atom. The molecule has 1 unspecified atom stereocenters. The molecule has 2 aromatic carbocycles. The molecule has 1 aliphatic rings. The zero-order valence-electron chi connectivity index (χ0n) is 15.1. The number of carbonyl (C=O) groups excluding carboxylic acids is 1. The van der Waals surface area contributed by atoms with E-state index in [-0.39, 0.29) is 17.6 Å². The van der Waals surface area contributed by atoms with Crippen LogP contribution in [0.3, 0.4) is 0 Å². The second kappa shape index (κ2) is 7.25. The maximum Gasteiger partial charge on any atom is 0.337 e. The minimum absolute atomic E-state index is 0.125. The SMILES string of the molecule is COC(=O)c1ccc(N(c2cccc3ccc(=O)[nH]c23)C2CCNC2)cc1. The molecule has 0 amide bonds. The molecule has 0 spiro atoms. The lowest BCUT2D eigenvalue weighted by atomic mass is 10.1. The lowest BCUT2D eigenvalue weighted by Gasteiger charge is -2.31. The Morgan fingerprint density at radius 1 is 1.11 bits per heavy atom. The second-order valence-electron chi connectivity index (χ2n) is 6.62. The zero-order valence-corrected chi connectivity index (χ0v) is 15.1. The van der Waals surface area contributed by atoms with E-state index in [0.29, 0.717) is 5.56 Å². The van der Waals surface area contributed by atoms with Gasteiger partial charge in [-0.25, -0.2) is 4.79 Å². The fraction of sp³-hybridized carbons (Fsp3) is 0.238. The number of fused-ring (bicyclic) bond motifs is 1. The molecule has 2 heterocycles. The number of benzene rings is 2. The number of para-hydroxylation sites is 1. The quantitative estimate of drug-likeness (QED) is 0.697. The van der Waals surface area contributed by atoms with E-state index in [1.807, 2.05) is 36.4 Å². The van der Waals surface area contributed by atoms with Crippen molar-refractivity contribution in [2.75, 3.05) is 25.1 Å². The largest absolute Gasteiger partial charge is 0.465 e. The predicted octanol–water partition coefficient (Wildman–Crippen LogP) is 2.81. The summed E-state index contributed by atoms with van der Waals surface area (Å²) in [5.41, 5.74) is 3.12. The van der Waals surface area contributed by atoms with Crippen LogP contribution in [0, 0.1) is 0 Å². The van der Waals surface area contributed by atoms with Gasteiger partial charge in [0.25, 0.3) is 0 Å². The maximum absolute atomic E-state index is 11.9. The molecule has 1 saturated heterocycles. The summed E-state index contributed by atoms with van der Waals surface area (Å²) < 4.78 is 4.79. The molecule has 0 bridgehead atoms. The van der Waals surface area contributed by atoms with Crippen LogP contribution >= 0.6 is 0 Å². The maximum atomic E-state index is 11.9. The van der Waals surface area contributed by atoms with Crippen molar-refractivity contribution >= 4 is 28.2 Å². The topological polar surface area (TPSA) is 74.4 Å². The number of rotatable bonds is 4. The van der Waals surface area contributed by atoms with E-state index in [2.05, 4.69) is 15.2 Å². The Morgan fingerprint density at radius 2 is 1.93 bits per heavy atom. The van der Waals surface area contributed by atoms with Crippen LogP contribution in [0.15, 0.2) is 59.4 Å². The zero-order chi connectivity index (χ0) is 18.8. The van der Waals surface area contributed by atoms with Crippen LogP contribution in [-0.2, 0) is 4.74 Å². The number of anilines is 2. The van der Waals surface area contributed by atoms with Gasteiger partial charge in [0.2, 0.25) is 5.56 Å². The molecule has 0 radical (unpaired) electrons. The van der Waals surface area contributed by atoms with Gasteiger partial charge in [-0.1, -0.05) is 12.1 Å². The van der Waals surface area contributed by atoms with Crippen LogP contribution in [0.25, 0.3) is 10.9 Å². The number of nitrogens with one attached hydrogen (secondary N) is 2. The monoisotopic (exact) mass is 363 g/mol. The molecular formula is C21H21N3O3. The average Bonchev–Trinajstić information content (AvgIpc) is 3.23. The number of aromatic nitrogens is 1. The molecule has 6 nitrogen and oxygen atoms in total. The molecular weight excluding hydrogens is 342 g/mol. The first kappa shape index (κ1) is 17.3. The van der Waals surface area contributed by atoms with Crippen molar-refractivity contribution < 1.29 is 9.53 Å². The van der Waals surface area contributed by atoms with Crippen LogP contribution < -0.4 is 15.8 Å². The van der Waals surface area contributed by atoms with E-state index in [9.17, 15) is 9.59 Å². The van der Waals surface area contributed by atoms with Gasteiger partial charge in [0.05, 0.1) is 23.9 Å². The summed E-state index contributed by atoms with van der Waals surface area (Å²) in [7, 11) is 1.37. The van der Waals surface area contributed by atoms with Crippen molar-refractivity contribution in [2.24, 2.45) is 0 Å². The number of ether oxygens (including phenoxy) is 1. The van der Waals surface area contributed by atoms with Crippen LogP contribution in [0.5, 0.6) is 0 Å². The van der Waals surface area contributed by atoms with Crippen molar-refractivity contribution in [2.45, 2.75) is 12.5 Å². The van der Waals surface area contributed by atoms with E-state index < -0.39 is 0 Å². The van der Waals surface area contributed by atoms with Gasteiger partial charge < -0.3 is 19.9 Å². The molecule has 1 aromatic heterocycles. The van der Waals surface area contributed by atoms with E-state index in [4.69, 9.17) is 4.74 Å². The molecule has 2 N–H and O–H groups in total. The first-order valence-electron chi connectivity index (χ1n) is 8.98. The standard InChI is InChI=1S/C21H21N3O3/c1-27-21(26)15-5-8-16(9-6-15)24(17-11-12-22-13-17)18-4-2-3-14-7-10-19(25)23-20(14)18/h2-10,17,22H,11-13H2,1H3,(H,23,25). The molecule has 4 rings (SSSR count). The number of nitrogens with zero attached hydrogens (tertiary/aromatic N) is 1. The minimum atomic E-state index is -0.356. The molecule has 27 heavy (non-hydrogen) atoms. The summed E-state index contributed by atoms with van der Waals surface area (Å²) in [4.78, 5) is 28.9. The number of carbonyl (C=O) groups is 1. The van der Waals surface area contributed by atoms with Gasteiger partial charge in [0.15, 0.2) is 0 Å². The average molecular weight is 363 g/mol. The van der Waals surface area contributed by atoms with Crippen LogP contribution in [0.2, 0.25) is 0 Å². The third kappa shape index (κ3) is 3.31. The van der Waals surface area contributed by atoms with Gasteiger partial charge in [-0.15, -0.1) is 0 Å². The highest BCUT2D eigenvalue weighted by Crippen LogP contribution is 2.34. The lowest BCUT2D eigenvalue weighted by Crippen LogP contribution is -2.33. The highest BCUT2D eigenvalue weighted by atomic mass is 16.5. The minimum Gasteiger partial charge on any atom is -0.465 e. The molecule has 1 aliphatic heterocycles. The summed E-state index contributed by atoms with van der Waals surface area (Å²) in [5.74, 6) is -0.356. The van der Waals surface area contributed by atoms with Crippen molar-refractivity contribution in [3.63, 3.8) is 0 Å². The van der Waals surface area contributed by atoms with Crippen molar-refractivity contribution in [3.8, 4) is 0 Å². The van der Waals surface area contributed by atoms with Crippen LogP contribution in [0.4, 0.5) is 11.4 Å². The third-order valence-electron chi connectivity index (χ3n) is 4.96. The smallest absolute Gasteiger partial charge is 0.337 e. The Balaban J connectivity index is 1.84. The number of hydrogen-bond donors (Lipinski definition) is 2. The highest BCUT2D eigenvalue weighted by molar-refractivity contribution is 5.94. The number of esters is 1. The molecule has 6 heteroatoms. The van der Waals surface area contributed by atoms with Gasteiger partial charge in [-0.3, -0.25) is 4.79 Å². The molecule has 138 valence electrons. The molecule has 3 aromatic rings. The normalized spacial score (nSPS) is 16.4. The summed E-state index contributed by atoms with van der Waals surface area (Å²) in [6.45, 7) is 1.80. The van der Waals surface area contributed by atoms with E-state index in [1.165, 1.54) is 7.11 Å². The molecule has 0 aliphatic carbocycles. The van der Waals surface area contributed by atoms with E-state index in [0.717, 1.165) is 41.8 Å². The number of aromatic amines is 1. The number of methoxy groups -OCH3 is 1. The third-order valence-corrected chi connectivity index (χ3v) is 4.96. The molecule has 0 saturated carbocycles. The van der Waals surface area contributed by atoms with Gasteiger partial charge in [-0.2, -0.15) is 0 Å². The lowest BCUT2D eigenvalue weighted by molar-refractivity contribution is 0.0601. The Kier molecular flexibility index (Phi) is 4.64. The molecule has 1 atom stereocenters. The number of H-pyrrole nitrogens is 1. The summed E-state index contributed by atoms with van der Waals surface area (Å²) >= 11 is 0. The fourth-order valence-electron chi connectivity index (χ4n) is 3.65. The summed E-state index contributed by atoms with van der Waals surface area (Å²) in [6.07, 6.45) is 0.992. The van der Waals surface area contributed by atoms with E-state index in [1.54, 1.807) is 18.2 Å². The van der Waals surface area contributed by atoms with Crippen LogP contribution in [-0.4, -0.2) is 37.2 Å². The van der Waals surface area contributed by atoms with Crippen LogP contribution in [0.1, 0.15) is 16.8 Å². The van der Waals surface area contributed by atoms with Crippen molar-refractivity contribution in [1.29, 1.82) is 0 Å². The first-order valence-corrected chi connectivity index (χ1v) is 8.98. The van der Waals surface area contributed by atoms with Crippen molar-refractivity contribution in [3.05, 3.63) is 70.5 Å². The van der Waals surface area contributed by atoms with Crippen molar-refractivity contribution in [1.82, 2.24) is 10.3 Å². The Hall–Kier alpha value is -3.12. The Labute approximate surface area is 156 Å². The van der Waals surface area contributed by atoms with E-state index >= 15 is 0 Å². The predicted molar refractivity (Wildman–Crippen MR) is 106 cm³/mol. The van der Waals surface area contributed by atoms with Gasteiger partial charge in [0.1, 0.15) is 0 Å².